The zero-order chi connectivity index (χ0) is 28.5. The summed E-state index contributed by atoms with van der Waals surface area (Å²) in [5.74, 6) is 0.986. The second-order valence-electron chi connectivity index (χ2n) is 11.0. The van der Waals surface area contributed by atoms with Crippen molar-refractivity contribution in [3.05, 3.63) is 139 Å². The summed E-state index contributed by atoms with van der Waals surface area (Å²) in [5.41, 5.74) is 12.8. The van der Waals surface area contributed by atoms with Crippen LogP contribution in [-0.4, -0.2) is 19.5 Å². The van der Waals surface area contributed by atoms with Crippen molar-refractivity contribution >= 4 is 49.9 Å². The number of hydrogen-bond donors (Lipinski definition) is 0. The predicted octanol–water partition coefficient (Wildman–Crippen LogP) is 9.55. The minimum atomic E-state index is 0.930. The van der Waals surface area contributed by atoms with E-state index in [9.17, 15) is 0 Å². The molecule has 4 heterocycles. The van der Waals surface area contributed by atoms with E-state index in [0.717, 1.165) is 83.8 Å². The molecule has 0 bridgehead atoms. The lowest BCUT2D eigenvalue weighted by molar-refractivity contribution is 0.982. The molecule has 5 heteroatoms. The normalized spacial score (nSPS) is 12.3. The van der Waals surface area contributed by atoms with Gasteiger partial charge in [0.05, 0.1) is 44.8 Å². The zero-order valence-corrected chi connectivity index (χ0v) is 23.4. The third-order valence-corrected chi connectivity index (χ3v) is 8.48. The fraction of sp³-hybridized carbons (Fsp3) is 0.0263. The maximum absolute atomic E-state index is 5.04. The number of aryl methyl sites for hydroxylation is 1. The van der Waals surface area contributed by atoms with Gasteiger partial charge in [-0.15, -0.1) is 0 Å². The second kappa shape index (κ2) is 9.10. The fourth-order valence-corrected chi connectivity index (χ4v) is 6.47. The monoisotopic (exact) mass is 551 g/mol. The number of imidazole rings is 1. The van der Waals surface area contributed by atoms with Crippen LogP contribution in [0.2, 0.25) is 0 Å². The largest absolute Gasteiger partial charge is 0.306 e. The minimum absolute atomic E-state index is 0.930. The van der Waals surface area contributed by atoms with Crippen LogP contribution in [0.15, 0.2) is 134 Å². The van der Waals surface area contributed by atoms with Crippen molar-refractivity contribution in [2.75, 3.05) is 4.90 Å². The summed E-state index contributed by atoms with van der Waals surface area (Å²) in [6, 6.07) is 44.9. The van der Waals surface area contributed by atoms with Crippen molar-refractivity contribution in [3.8, 4) is 28.1 Å². The molecule has 0 amide bonds. The molecular formula is C38H25N5. The molecule has 0 saturated carbocycles. The lowest BCUT2D eigenvalue weighted by Crippen LogP contribution is -2.18. The highest BCUT2D eigenvalue weighted by Gasteiger charge is 2.28. The summed E-state index contributed by atoms with van der Waals surface area (Å²) in [4.78, 5) is 16.9. The third-order valence-electron chi connectivity index (χ3n) is 8.48. The van der Waals surface area contributed by atoms with E-state index < -0.39 is 0 Å². The standard InChI is InChI=1S/C38H25N5/c1-24-40-32-10-5-11-34-38(32)42(24)33-21-19-29(23-35(33)43(34)30-8-3-2-4-9-30)25-12-14-26(15-13-25)31-20-18-28-17-16-27-7-6-22-39-36(27)37(28)41-31/h2-23H,1H3. The highest BCUT2D eigenvalue weighted by Crippen LogP contribution is 2.48. The van der Waals surface area contributed by atoms with E-state index in [-0.39, 0.29) is 0 Å². The highest BCUT2D eigenvalue weighted by molar-refractivity contribution is 6.04. The Morgan fingerprint density at radius 3 is 2.16 bits per heavy atom. The van der Waals surface area contributed by atoms with Crippen molar-refractivity contribution in [2.24, 2.45) is 0 Å². The van der Waals surface area contributed by atoms with Gasteiger partial charge in [-0.1, -0.05) is 78.9 Å². The Morgan fingerprint density at radius 2 is 1.30 bits per heavy atom. The van der Waals surface area contributed by atoms with Gasteiger partial charge in [0.15, 0.2) is 0 Å². The molecule has 1 aliphatic heterocycles. The van der Waals surface area contributed by atoms with E-state index in [4.69, 9.17) is 9.97 Å². The van der Waals surface area contributed by atoms with E-state index in [2.05, 4.69) is 143 Å². The van der Waals surface area contributed by atoms with Gasteiger partial charge in [-0.3, -0.25) is 9.55 Å². The molecular weight excluding hydrogens is 526 g/mol. The smallest absolute Gasteiger partial charge is 0.111 e. The molecule has 0 unspecified atom stereocenters. The summed E-state index contributed by atoms with van der Waals surface area (Å²) < 4.78 is 2.29. The molecule has 43 heavy (non-hydrogen) atoms. The average Bonchev–Trinajstić information content (AvgIpc) is 3.41. The van der Waals surface area contributed by atoms with Crippen LogP contribution in [0, 0.1) is 6.92 Å². The van der Waals surface area contributed by atoms with Gasteiger partial charge in [0.2, 0.25) is 0 Å². The summed E-state index contributed by atoms with van der Waals surface area (Å²) >= 11 is 0. The third kappa shape index (κ3) is 3.61. The molecule has 0 aliphatic carbocycles. The predicted molar refractivity (Wildman–Crippen MR) is 176 cm³/mol. The van der Waals surface area contributed by atoms with Crippen LogP contribution >= 0.6 is 0 Å². The van der Waals surface area contributed by atoms with Crippen molar-refractivity contribution in [2.45, 2.75) is 6.92 Å². The molecule has 8 aromatic rings. The van der Waals surface area contributed by atoms with Crippen molar-refractivity contribution in [1.29, 1.82) is 0 Å². The van der Waals surface area contributed by atoms with Gasteiger partial charge < -0.3 is 4.90 Å². The average molecular weight is 552 g/mol. The molecule has 0 radical (unpaired) electrons. The van der Waals surface area contributed by atoms with Crippen molar-refractivity contribution in [3.63, 3.8) is 0 Å². The van der Waals surface area contributed by atoms with Gasteiger partial charge in [-0.05, 0) is 66.6 Å². The quantitative estimate of drug-likeness (QED) is 0.205. The minimum Gasteiger partial charge on any atom is -0.306 e. The maximum atomic E-state index is 5.04. The van der Waals surface area contributed by atoms with Crippen LogP contribution in [0.5, 0.6) is 0 Å². The molecule has 3 aromatic heterocycles. The summed E-state index contributed by atoms with van der Waals surface area (Å²) in [7, 11) is 0. The Bertz CT molecular complexity index is 2350. The number of rotatable bonds is 3. The van der Waals surface area contributed by atoms with E-state index in [1.165, 1.54) is 0 Å². The van der Waals surface area contributed by atoms with E-state index in [1.807, 2.05) is 12.3 Å². The highest BCUT2D eigenvalue weighted by atomic mass is 15.2. The molecule has 0 N–H and O–H groups in total. The number of benzene rings is 5. The first-order valence-corrected chi connectivity index (χ1v) is 14.5. The van der Waals surface area contributed by atoms with Gasteiger partial charge in [0.1, 0.15) is 5.82 Å². The Balaban J connectivity index is 1.16. The summed E-state index contributed by atoms with van der Waals surface area (Å²) in [6.07, 6.45) is 1.83. The maximum Gasteiger partial charge on any atom is 0.111 e. The van der Waals surface area contributed by atoms with Crippen LogP contribution in [0.3, 0.4) is 0 Å². The molecule has 0 fully saturated rings. The number of hydrogen-bond acceptors (Lipinski definition) is 4. The SMILES string of the molecule is Cc1nc2cccc3c2n1-c1ccc(-c2ccc(-c4ccc5ccc6cccnc6c5n4)cc2)cc1N3c1ccccc1. The van der Waals surface area contributed by atoms with Crippen molar-refractivity contribution in [1.82, 2.24) is 19.5 Å². The van der Waals surface area contributed by atoms with Gasteiger partial charge in [0, 0.05) is 28.2 Å². The van der Waals surface area contributed by atoms with Crippen LogP contribution < -0.4 is 4.90 Å². The van der Waals surface area contributed by atoms with Crippen LogP contribution in [0.1, 0.15) is 5.82 Å². The molecule has 0 atom stereocenters. The van der Waals surface area contributed by atoms with Crippen molar-refractivity contribution < 1.29 is 0 Å². The topological polar surface area (TPSA) is 46.8 Å². The lowest BCUT2D eigenvalue weighted by atomic mass is 9.99. The Labute approximate surface area is 248 Å². The first-order chi connectivity index (χ1) is 21.2. The molecule has 0 spiro atoms. The molecule has 1 aliphatic rings. The number of anilines is 3. The summed E-state index contributed by atoms with van der Waals surface area (Å²) in [5, 5.41) is 2.19. The zero-order valence-electron chi connectivity index (χ0n) is 23.4. The number of nitrogens with zero attached hydrogens (tertiary/aromatic N) is 5. The van der Waals surface area contributed by atoms with Crippen LogP contribution in [0.4, 0.5) is 17.1 Å². The van der Waals surface area contributed by atoms with Crippen LogP contribution in [-0.2, 0) is 0 Å². The Hall–Kier alpha value is -5.81. The fourth-order valence-electron chi connectivity index (χ4n) is 6.47. The molecule has 202 valence electrons. The van der Waals surface area contributed by atoms with E-state index >= 15 is 0 Å². The van der Waals surface area contributed by atoms with Crippen LogP contribution in [0.25, 0.3) is 60.9 Å². The lowest BCUT2D eigenvalue weighted by Gasteiger charge is -2.33. The number of aromatic nitrogens is 4. The van der Waals surface area contributed by atoms with Gasteiger partial charge in [-0.2, -0.15) is 0 Å². The number of para-hydroxylation sites is 2. The van der Waals surface area contributed by atoms with Gasteiger partial charge in [-0.25, -0.2) is 9.97 Å². The Morgan fingerprint density at radius 1 is 0.535 bits per heavy atom. The molecule has 0 saturated heterocycles. The molecule has 9 rings (SSSR count). The van der Waals surface area contributed by atoms with E-state index in [0.29, 0.717) is 0 Å². The first-order valence-electron chi connectivity index (χ1n) is 14.5. The number of pyridine rings is 2. The molecule has 5 aromatic carbocycles. The number of fused-ring (bicyclic) bond motifs is 5. The molecule has 5 nitrogen and oxygen atoms in total. The Kier molecular flexibility index (Phi) is 5.05. The van der Waals surface area contributed by atoms with E-state index in [1.54, 1.807) is 0 Å². The van der Waals surface area contributed by atoms with Gasteiger partial charge in [0.25, 0.3) is 0 Å². The van der Waals surface area contributed by atoms with Gasteiger partial charge >= 0.3 is 0 Å². The summed E-state index contributed by atoms with van der Waals surface area (Å²) in [6.45, 7) is 2.08. The second-order valence-corrected chi connectivity index (χ2v) is 11.0. The first kappa shape index (κ1) is 23.9.